The second kappa shape index (κ2) is 8.73. The molecule has 3 aromatic heterocycles. The van der Waals surface area contributed by atoms with Crippen LogP contribution >= 0.6 is 22.9 Å². The van der Waals surface area contributed by atoms with Crippen LogP contribution in [0.4, 0.5) is 0 Å². The van der Waals surface area contributed by atoms with Gasteiger partial charge in [0.2, 0.25) is 5.28 Å². The molecule has 0 unspecified atom stereocenters. The highest BCUT2D eigenvalue weighted by Gasteiger charge is 2.16. The highest BCUT2D eigenvalue weighted by atomic mass is 35.5. The maximum absolute atomic E-state index is 6.36. The van der Waals surface area contributed by atoms with Crippen molar-refractivity contribution in [3.8, 4) is 33.9 Å². The predicted molar refractivity (Wildman–Crippen MR) is 161 cm³/mol. The van der Waals surface area contributed by atoms with E-state index in [2.05, 4.69) is 70.6 Å². The normalized spacial score (nSPS) is 11.7. The standard InChI is InChI=1S/C33H18ClN3OS/c34-33-36-31(19-7-2-1-3-8-19)35-32(37-33)21-14-16-28-25(17-21)30-22(10-6-12-29(30)39-28)20-13-15-24-23-9-4-5-11-26(23)38-27(24)18-20/h1-18H. The van der Waals surface area contributed by atoms with E-state index in [1.807, 2.05) is 48.5 Å². The van der Waals surface area contributed by atoms with E-state index in [1.54, 1.807) is 11.3 Å². The Labute approximate surface area is 232 Å². The van der Waals surface area contributed by atoms with Crippen molar-refractivity contribution >= 4 is 65.0 Å². The van der Waals surface area contributed by atoms with Crippen LogP contribution in [0.15, 0.2) is 114 Å². The summed E-state index contributed by atoms with van der Waals surface area (Å²) in [4.78, 5) is 13.6. The zero-order chi connectivity index (χ0) is 25.9. The molecule has 3 heterocycles. The average molecular weight is 540 g/mol. The zero-order valence-electron chi connectivity index (χ0n) is 20.4. The van der Waals surface area contributed by atoms with Crippen LogP contribution in [0.1, 0.15) is 0 Å². The summed E-state index contributed by atoms with van der Waals surface area (Å²) in [6.07, 6.45) is 0. The second-order valence-electron chi connectivity index (χ2n) is 9.42. The summed E-state index contributed by atoms with van der Waals surface area (Å²) in [5.74, 6) is 1.11. The lowest BCUT2D eigenvalue weighted by atomic mass is 9.98. The van der Waals surface area contributed by atoms with Gasteiger partial charge in [-0.15, -0.1) is 11.3 Å². The molecule has 6 heteroatoms. The van der Waals surface area contributed by atoms with Gasteiger partial charge in [0, 0.05) is 42.1 Å². The molecule has 0 bridgehead atoms. The minimum absolute atomic E-state index is 0.175. The molecular weight excluding hydrogens is 522 g/mol. The van der Waals surface area contributed by atoms with Crippen LogP contribution in [-0.2, 0) is 0 Å². The average Bonchev–Trinajstić information content (AvgIpc) is 3.54. The number of thiophene rings is 1. The zero-order valence-corrected chi connectivity index (χ0v) is 22.0. The molecule has 4 nitrogen and oxygen atoms in total. The highest BCUT2D eigenvalue weighted by molar-refractivity contribution is 7.26. The molecule has 0 aliphatic heterocycles. The number of rotatable bonds is 3. The van der Waals surface area contributed by atoms with Crippen molar-refractivity contribution in [3.63, 3.8) is 0 Å². The van der Waals surface area contributed by atoms with Crippen molar-refractivity contribution in [1.82, 2.24) is 15.0 Å². The van der Waals surface area contributed by atoms with Crippen molar-refractivity contribution in [1.29, 1.82) is 0 Å². The smallest absolute Gasteiger partial charge is 0.226 e. The van der Waals surface area contributed by atoms with Gasteiger partial charge in [-0.3, -0.25) is 0 Å². The van der Waals surface area contributed by atoms with E-state index < -0.39 is 0 Å². The number of furan rings is 1. The number of para-hydroxylation sites is 1. The molecule has 0 N–H and O–H groups in total. The van der Waals surface area contributed by atoms with Gasteiger partial charge >= 0.3 is 0 Å². The Morgan fingerprint density at radius 3 is 2.21 bits per heavy atom. The van der Waals surface area contributed by atoms with Crippen molar-refractivity contribution in [2.75, 3.05) is 0 Å². The predicted octanol–water partition coefficient (Wildman–Crippen LogP) is 9.79. The minimum atomic E-state index is 0.175. The lowest BCUT2D eigenvalue weighted by molar-refractivity contribution is 0.669. The Kier molecular flexibility index (Phi) is 5.02. The summed E-state index contributed by atoms with van der Waals surface area (Å²) in [7, 11) is 0. The molecule has 0 spiro atoms. The van der Waals surface area contributed by atoms with E-state index in [1.165, 1.54) is 14.8 Å². The Bertz CT molecular complexity index is 2200. The maximum Gasteiger partial charge on any atom is 0.226 e. The van der Waals surface area contributed by atoms with Gasteiger partial charge in [-0.1, -0.05) is 66.7 Å². The molecule has 0 aliphatic carbocycles. The molecular formula is C33H18ClN3OS. The first kappa shape index (κ1) is 22.4. The van der Waals surface area contributed by atoms with Gasteiger partial charge in [-0.2, -0.15) is 9.97 Å². The van der Waals surface area contributed by atoms with Gasteiger partial charge in [0.25, 0.3) is 0 Å². The van der Waals surface area contributed by atoms with Crippen LogP contribution in [0.3, 0.4) is 0 Å². The van der Waals surface area contributed by atoms with Gasteiger partial charge < -0.3 is 4.42 Å². The van der Waals surface area contributed by atoms with Gasteiger partial charge in [0.05, 0.1) is 0 Å². The summed E-state index contributed by atoms with van der Waals surface area (Å²) in [6, 6.07) is 37.3. The number of aromatic nitrogens is 3. The van der Waals surface area contributed by atoms with E-state index in [-0.39, 0.29) is 5.28 Å². The van der Waals surface area contributed by atoms with Gasteiger partial charge in [-0.05, 0) is 65.2 Å². The summed E-state index contributed by atoms with van der Waals surface area (Å²) in [5, 5.41) is 4.80. The van der Waals surface area contributed by atoms with Crippen molar-refractivity contribution in [3.05, 3.63) is 114 Å². The first-order valence-electron chi connectivity index (χ1n) is 12.6. The molecule has 0 fully saturated rings. The van der Waals surface area contributed by atoms with E-state index >= 15 is 0 Å². The highest BCUT2D eigenvalue weighted by Crippen LogP contribution is 2.42. The Balaban J connectivity index is 1.31. The van der Waals surface area contributed by atoms with Gasteiger partial charge in [0.15, 0.2) is 11.6 Å². The molecule has 39 heavy (non-hydrogen) atoms. The number of hydrogen-bond donors (Lipinski definition) is 0. The van der Waals surface area contributed by atoms with Gasteiger partial charge in [0.1, 0.15) is 11.2 Å². The first-order chi connectivity index (χ1) is 19.2. The summed E-state index contributed by atoms with van der Waals surface area (Å²) >= 11 is 8.14. The topological polar surface area (TPSA) is 51.8 Å². The van der Waals surface area contributed by atoms with Gasteiger partial charge in [-0.25, -0.2) is 4.98 Å². The van der Waals surface area contributed by atoms with Crippen LogP contribution in [0.5, 0.6) is 0 Å². The third-order valence-corrected chi connectivity index (χ3v) is 8.39. The molecule has 0 saturated carbocycles. The number of benzene rings is 5. The number of nitrogens with zero attached hydrogens (tertiary/aromatic N) is 3. The number of halogens is 1. The lowest BCUT2D eigenvalue weighted by Crippen LogP contribution is -1.97. The Morgan fingerprint density at radius 1 is 0.538 bits per heavy atom. The molecule has 0 radical (unpaired) electrons. The molecule has 184 valence electrons. The van der Waals surface area contributed by atoms with E-state index in [4.69, 9.17) is 21.0 Å². The summed E-state index contributed by atoms with van der Waals surface area (Å²) < 4.78 is 8.63. The fourth-order valence-electron chi connectivity index (χ4n) is 5.30. The molecule has 0 amide bonds. The van der Waals surface area contributed by atoms with Crippen LogP contribution < -0.4 is 0 Å². The van der Waals surface area contributed by atoms with Crippen LogP contribution in [-0.4, -0.2) is 15.0 Å². The number of hydrogen-bond acceptors (Lipinski definition) is 5. The molecule has 0 aliphatic rings. The second-order valence-corrected chi connectivity index (χ2v) is 10.8. The van der Waals surface area contributed by atoms with Crippen LogP contribution in [0.2, 0.25) is 5.28 Å². The lowest BCUT2D eigenvalue weighted by Gasteiger charge is -2.07. The molecule has 0 atom stereocenters. The van der Waals surface area contributed by atoms with Crippen molar-refractivity contribution < 1.29 is 4.42 Å². The third kappa shape index (κ3) is 3.70. The van der Waals surface area contributed by atoms with Crippen LogP contribution in [0, 0.1) is 0 Å². The van der Waals surface area contributed by atoms with E-state index in [0.29, 0.717) is 11.6 Å². The summed E-state index contributed by atoms with van der Waals surface area (Å²) in [6.45, 7) is 0. The molecule has 8 rings (SSSR count). The summed E-state index contributed by atoms with van der Waals surface area (Å²) in [5.41, 5.74) is 5.86. The molecule has 0 saturated heterocycles. The van der Waals surface area contributed by atoms with E-state index in [9.17, 15) is 0 Å². The monoisotopic (exact) mass is 539 g/mol. The van der Waals surface area contributed by atoms with E-state index in [0.717, 1.165) is 49.6 Å². The Hall–Kier alpha value is -4.58. The number of fused-ring (bicyclic) bond motifs is 6. The Morgan fingerprint density at radius 2 is 1.31 bits per heavy atom. The quantitative estimate of drug-likeness (QED) is 0.224. The maximum atomic E-state index is 6.36. The van der Waals surface area contributed by atoms with Crippen molar-refractivity contribution in [2.45, 2.75) is 0 Å². The largest absolute Gasteiger partial charge is 0.456 e. The SMILES string of the molecule is Clc1nc(-c2ccccc2)nc(-c2ccc3sc4cccc(-c5ccc6c(c5)oc5ccccc56)c4c3c2)n1. The fraction of sp³-hybridized carbons (Fsp3) is 0. The van der Waals surface area contributed by atoms with Crippen LogP contribution in [0.25, 0.3) is 76.0 Å². The van der Waals surface area contributed by atoms with Crippen molar-refractivity contribution in [2.24, 2.45) is 0 Å². The first-order valence-corrected chi connectivity index (χ1v) is 13.7. The molecule has 5 aromatic carbocycles. The minimum Gasteiger partial charge on any atom is -0.456 e. The third-order valence-electron chi connectivity index (χ3n) is 7.08. The fourth-order valence-corrected chi connectivity index (χ4v) is 6.57. The molecule has 8 aromatic rings.